The number of hydrogen-bond donors (Lipinski definition) is 1. The van der Waals surface area contributed by atoms with Gasteiger partial charge in [-0.3, -0.25) is 9.59 Å². The Bertz CT molecular complexity index is 629. The van der Waals surface area contributed by atoms with Crippen LogP contribution in [0.15, 0.2) is 18.2 Å². The first-order valence-corrected chi connectivity index (χ1v) is 8.54. The van der Waals surface area contributed by atoms with Crippen molar-refractivity contribution < 1.29 is 19.1 Å². The maximum atomic E-state index is 12.8. The lowest BCUT2D eigenvalue weighted by molar-refractivity contribution is -0.124. The largest absolute Gasteiger partial charge is 0.454 e. The van der Waals surface area contributed by atoms with Gasteiger partial charge in [-0.05, 0) is 43.4 Å². The van der Waals surface area contributed by atoms with Crippen LogP contribution in [0.2, 0.25) is 0 Å². The highest BCUT2D eigenvalue weighted by molar-refractivity contribution is 5.98. The first kappa shape index (κ1) is 16.6. The Balaban J connectivity index is 1.66. The molecule has 1 aromatic rings. The third-order valence-electron chi connectivity index (χ3n) is 4.46. The molecule has 1 saturated heterocycles. The monoisotopic (exact) mass is 332 g/mol. The molecule has 3 rings (SSSR count). The van der Waals surface area contributed by atoms with Crippen LogP contribution < -0.4 is 14.8 Å². The Morgan fingerprint density at radius 3 is 2.88 bits per heavy atom. The summed E-state index contributed by atoms with van der Waals surface area (Å²) in [4.78, 5) is 26.9. The van der Waals surface area contributed by atoms with Crippen LogP contribution in [0.5, 0.6) is 11.5 Å². The summed E-state index contributed by atoms with van der Waals surface area (Å²) in [5.41, 5.74) is 0.529. The standard InChI is InChI=1S/C18H24N2O4/c1-12(2)7-8-19-17(21)14-4-3-9-20(14)18(22)13-5-6-15-16(10-13)24-11-23-15/h5-6,10,12,14H,3-4,7-9,11H2,1-2H3,(H,19,21)/t14-/m0/s1. The molecule has 6 nitrogen and oxygen atoms in total. The van der Waals surface area contributed by atoms with Crippen LogP contribution in [0.1, 0.15) is 43.5 Å². The molecule has 1 atom stereocenters. The summed E-state index contributed by atoms with van der Waals surface area (Å²) in [6, 6.07) is 4.78. The van der Waals surface area contributed by atoms with Crippen molar-refractivity contribution in [3.05, 3.63) is 23.8 Å². The number of carbonyl (C=O) groups excluding carboxylic acids is 2. The second-order valence-electron chi connectivity index (χ2n) is 6.70. The highest BCUT2D eigenvalue weighted by Crippen LogP contribution is 2.33. The second-order valence-corrected chi connectivity index (χ2v) is 6.70. The first-order chi connectivity index (χ1) is 11.6. The minimum absolute atomic E-state index is 0.0535. The molecule has 0 spiro atoms. The molecule has 2 aliphatic rings. The molecular formula is C18H24N2O4. The van der Waals surface area contributed by atoms with Crippen molar-refractivity contribution in [2.45, 2.75) is 39.2 Å². The SMILES string of the molecule is CC(C)CCNC(=O)[C@@H]1CCCN1C(=O)c1ccc2c(c1)OCO2. The van der Waals surface area contributed by atoms with E-state index in [2.05, 4.69) is 19.2 Å². The van der Waals surface area contributed by atoms with E-state index in [1.807, 2.05) is 0 Å². The molecule has 6 heteroatoms. The third kappa shape index (κ3) is 3.47. The van der Waals surface area contributed by atoms with Crippen molar-refractivity contribution in [1.29, 1.82) is 0 Å². The lowest BCUT2D eigenvalue weighted by Crippen LogP contribution is -2.46. The summed E-state index contributed by atoms with van der Waals surface area (Å²) in [6.07, 6.45) is 2.50. The van der Waals surface area contributed by atoms with Gasteiger partial charge in [-0.25, -0.2) is 0 Å². The van der Waals surface area contributed by atoms with Crippen LogP contribution in [0, 0.1) is 5.92 Å². The number of benzene rings is 1. The van der Waals surface area contributed by atoms with Gasteiger partial charge in [0.25, 0.3) is 5.91 Å². The number of rotatable bonds is 5. The normalized spacial score (nSPS) is 19.0. The zero-order valence-corrected chi connectivity index (χ0v) is 14.2. The van der Waals surface area contributed by atoms with Crippen molar-refractivity contribution in [3.63, 3.8) is 0 Å². The van der Waals surface area contributed by atoms with Gasteiger partial charge in [-0.15, -0.1) is 0 Å². The Morgan fingerprint density at radius 2 is 2.08 bits per heavy atom. The molecule has 1 fully saturated rings. The van der Waals surface area contributed by atoms with Crippen LogP contribution in [0.4, 0.5) is 0 Å². The van der Waals surface area contributed by atoms with E-state index in [-0.39, 0.29) is 24.6 Å². The van der Waals surface area contributed by atoms with Crippen molar-refractivity contribution in [3.8, 4) is 11.5 Å². The second kappa shape index (κ2) is 7.11. The van der Waals surface area contributed by atoms with Crippen molar-refractivity contribution in [2.24, 2.45) is 5.92 Å². The molecular weight excluding hydrogens is 308 g/mol. The highest BCUT2D eigenvalue weighted by atomic mass is 16.7. The van der Waals surface area contributed by atoms with E-state index in [0.29, 0.717) is 42.5 Å². The fourth-order valence-corrected chi connectivity index (χ4v) is 3.08. The van der Waals surface area contributed by atoms with E-state index >= 15 is 0 Å². The van der Waals surface area contributed by atoms with Gasteiger partial charge in [0, 0.05) is 18.7 Å². The summed E-state index contributed by atoms with van der Waals surface area (Å²) in [6.45, 7) is 5.68. The molecule has 2 heterocycles. The molecule has 2 amide bonds. The van der Waals surface area contributed by atoms with Gasteiger partial charge in [-0.1, -0.05) is 13.8 Å². The maximum absolute atomic E-state index is 12.8. The van der Waals surface area contributed by atoms with Crippen LogP contribution in [-0.2, 0) is 4.79 Å². The minimum atomic E-state index is -0.380. The Morgan fingerprint density at radius 1 is 1.29 bits per heavy atom. The van der Waals surface area contributed by atoms with Gasteiger partial charge in [0.1, 0.15) is 6.04 Å². The molecule has 0 radical (unpaired) electrons. The summed E-state index contributed by atoms with van der Waals surface area (Å²) >= 11 is 0. The van der Waals surface area contributed by atoms with Crippen molar-refractivity contribution in [1.82, 2.24) is 10.2 Å². The van der Waals surface area contributed by atoms with E-state index < -0.39 is 0 Å². The summed E-state index contributed by atoms with van der Waals surface area (Å²) in [7, 11) is 0. The smallest absolute Gasteiger partial charge is 0.254 e. The Hall–Kier alpha value is -2.24. The van der Waals surface area contributed by atoms with Gasteiger partial charge in [-0.2, -0.15) is 0 Å². The molecule has 0 aromatic heterocycles. The van der Waals surface area contributed by atoms with E-state index in [9.17, 15) is 9.59 Å². The summed E-state index contributed by atoms with van der Waals surface area (Å²) < 4.78 is 10.6. The number of likely N-dealkylation sites (tertiary alicyclic amines) is 1. The average molecular weight is 332 g/mol. The lowest BCUT2D eigenvalue weighted by Gasteiger charge is -2.24. The third-order valence-corrected chi connectivity index (χ3v) is 4.46. The summed E-state index contributed by atoms with van der Waals surface area (Å²) in [5.74, 6) is 1.59. The average Bonchev–Trinajstić information content (AvgIpc) is 3.22. The van der Waals surface area contributed by atoms with Crippen LogP contribution in [0.3, 0.4) is 0 Å². The molecule has 0 unspecified atom stereocenters. The number of carbonyl (C=O) groups is 2. The van der Waals surface area contributed by atoms with E-state index in [1.54, 1.807) is 23.1 Å². The molecule has 0 bridgehead atoms. The fraction of sp³-hybridized carbons (Fsp3) is 0.556. The van der Waals surface area contributed by atoms with Gasteiger partial charge in [0.05, 0.1) is 0 Å². The van der Waals surface area contributed by atoms with Gasteiger partial charge in [0.2, 0.25) is 12.7 Å². The van der Waals surface area contributed by atoms with E-state index in [4.69, 9.17) is 9.47 Å². The quantitative estimate of drug-likeness (QED) is 0.897. The summed E-state index contributed by atoms with van der Waals surface area (Å²) in [5, 5.41) is 2.96. The van der Waals surface area contributed by atoms with E-state index in [0.717, 1.165) is 12.8 Å². The Labute approximate surface area is 142 Å². The van der Waals surface area contributed by atoms with E-state index in [1.165, 1.54) is 0 Å². The van der Waals surface area contributed by atoms with Crippen LogP contribution >= 0.6 is 0 Å². The molecule has 24 heavy (non-hydrogen) atoms. The number of nitrogens with one attached hydrogen (secondary N) is 1. The zero-order valence-electron chi connectivity index (χ0n) is 14.2. The van der Waals surface area contributed by atoms with Crippen LogP contribution in [0.25, 0.3) is 0 Å². The minimum Gasteiger partial charge on any atom is -0.454 e. The number of nitrogens with zero attached hydrogens (tertiary/aromatic N) is 1. The van der Waals surface area contributed by atoms with Gasteiger partial charge < -0.3 is 19.7 Å². The van der Waals surface area contributed by atoms with Gasteiger partial charge in [0.15, 0.2) is 11.5 Å². The number of amides is 2. The number of hydrogen-bond acceptors (Lipinski definition) is 4. The predicted octanol–water partition coefficient (Wildman–Crippen LogP) is 2.18. The molecule has 2 aliphatic heterocycles. The fourth-order valence-electron chi connectivity index (χ4n) is 3.08. The predicted molar refractivity (Wildman–Crippen MR) is 89.1 cm³/mol. The van der Waals surface area contributed by atoms with Crippen molar-refractivity contribution in [2.75, 3.05) is 19.9 Å². The number of fused-ring (bicyclic) bond motifs is 1. The topological polar surface area (TPSA) is 67.9 Å². The Kier molecular flexibility index (Phi) is 4.92. The molecule has 1 N–H and O–H groups in total. The highest BCUT2D eigenvalue weighted by Gasteiger charge is 2.34. The molecule has 0 saturated carbocycles. The maximum Gasteiger partial charge on any atom is 0.254 e. The molecule has 1 aromatic carbocycles. The van der Waals surface area contributed by atoms with Crippen molar-refractivity contribution >= 4 is 11.8 Å². The molecule has 130 valence electrons. The zero-order chi connectivity index (χ0) is 17.1. The lowest BCUT2D eigenvalue weighted by atomic mass is 10.1. The first-order valence-electron chi connectivity index (χ1n) is 8.54. The van der Waals surface area contributed by atoms with Crippen LogP contribution in [-0.4, -0.2) is 42.6 Å². The number of ether oxygens (including phenoxy) is 2. The molecule has 0 aliphatic carbocycles. The van der Waals surface area contributed by atoms with Gasteiger partial charge >= 0.3 is 0 Å².